The van der Waals surface area contributed by atoms with E-state index < -0.39 is 0 Å². The van der Waals surface area contributed by atoms with E-state index in [0.29, 0.717) is 0 Å². The highest BCUT2D eigenvalue weighted by Crippen LogP contribution is 2.53. The van der Waals surface area contributed by atoms with Crippen LogP contribution in [-0.4, -0.2) is 38.8 Å². The van der Waals surface area contributed by atoms with Gasteiger partial charge in [0, 0.05) is 31.2 Å². The Morgan fingerprint density at radius 1 is 1.30 bits per heavy atom. The average molecular weight is 367 g/mol. The molecule has 1 N–H and O–H groups in total. The Morgan fingerprint density at radius 3 is 2.85 bits per heavy atom. The van der Waals surface area contributed by atoms with Gasteiger partial charge in [-0.05, 0) is 49.3 Å². The van der Waals surface area contributed by atoms with Crippen molar-refractivity contribution in [2.24, 2.45) is 5.41 Å². The van der Waals surface area contributed by atoms with Gasteiger partial charge < -0.3 is 14.8 Å². The maximum absolute atomic E-state index is 13.0. The molecular weight excluding hydrogens is 338 g/mol. The second kappa shape index (κ2) is 7.33. The van der Waals surface area contributed by atoms with Crippen LogP contribution in [0.1, 0.15) is 56.8 Å². The Kier molecular flexibility index (Phi) is 4.89. The molecule has 1 saturated carbocycles. The van der Waals surface area contributed by atoms with Crippen molar-refractivity contribution < 1.29 is 4.79 Å². The smallest absolute Gasteiger partial charge is 0.321 e. The third-order valence-corrected chi connectivity index (χ3v) is 6.42. The lowest BCUT2D eigenvalue weighted by Gasteiger charge is -2.29. The summed E-state index contributed by atoms with van der Waals surface area (Å²) < 4.78 is 2.14. The van der Waals surface area contributed by atoms with E-state index in [4.69, 9.17) is 0 Å². The number of anilines is 1. The molecule has 4 rings (SSSR count). The van der Waals surface area contributed by atoms with E-state index in [1.165, 1.54) is 31.2 Å². The third kappa shape index (κ3) is 3.33. The number of rotatable bonds is 4. The summed E-state index contributed by atoms with van der Waals surface area (Å²) in [6.07, 6.45) is 7.60. The molecule has 2 fully saturated rings. The number of amides is 2. The van der Waals surface area contributed by atoms with Crippen molar-refractivity contribution in [2.45, 2.75) is 58.4 Å². The molecule has 1 saturated heterocycles. The van der Waals surface area contributed by atoms with Crippen LogP contribution >= 0.6 is 0 Å². The fraction of sp³-hybridized carbons (Fsp3) is 0.571. The predicted molar refractivity (Wildman–Crippen MR) is 106 cm³/mol. The summed E-state index contributed by atoms with van der Waals surface area (Å²) in [4.78, 5) is 15.0. The van der Waals surface area contributed by atoms with E-state index in [2.05, 4.69) is 46.1 Å². The first-order chi connectivity index (χ1) is 13.1. The van der Waals surface area contributed by atoms with Crippen LogP contribution in [0.5, 0.6) is 0 Å². The van der Waals surface area contributed by atoms with Crippen molar-refractivity contribution in [3.05, 3.63) is 42.0 Å². The molecule has 0 radical (unpaired) electrons. The predicted octanol–water partition coefficient (Wildman–Crippen LogP) is 4.05. The van der Waals surface area contributed by atoms with Crippen molar-refractivity contribution >= 4 is 11.7 Å². The molecule has 1 aliphatic heterocycles. The molecule has 2 amide bonds. The molecule has 6 heteroatoms. The summed E-state index contributed by atoms with van der Waals surface area (Å²) in [7, 11) is 0. The number of carbonyl (C=O) groups excluding carboxylic acids is 1. The molecular formula is C21H29N5O. The van der Waals surface area contributed by atoms with Gasteiger partial charge in [0.2, 0.25) is 0 Å². The fourth-order valence-electron chi connectivity index (χ4n) is 4.91. The van der Waals surface area contributed by atoms with Crippen molar-refractivity contribution in [2.75, 3.05) is 18.4 Å². The molecule has 1 spiro atoms. The van der Waals surface area contributed by atoms with Crippen molar-refractivity contribution in [1.29, 1.82) is 0 Å². The maximum Gasteiger partial charge on any atom is 0.321 e. The van der Waals surface area contributed by atoms with Gasteiger partial charge in [-0.15, -0.1) is 10.2 Å². The Hall–Kier alpha value is -2.37. The first-order valence-electron chi connectivity index (χ1n) is 10.2. The minimum atomic E-state index is -0.000378. The number of carbonyl (C=O) groups is 1. The standard InChI is InChI=1S/C21H29N5O/c1-3-16-8-7-9-17(12-16)23-20(27)26-13-18(19-24-22-15-25(19)4-2)21(14-26)10-5-6-11-21/h7-9,12,15,18H,3-6,10-11,13-14H2,1-2H3,(H,23,27). The summed E-state index contributed by atoms with van der Waals surface area (Å²) in [5.74, 6) is 1.32. The summed E-state index contributed by atoms with van der Waals surface area (Å²) in [5, 5.41) is 11.7. The maximum atomic E-state index is 13.0. The monoisotopic (exact) mass is 367 g/mol. The van der Waals surface area contributed by atoms with Crippen LogP contribution in [0.3, 0.4) is 0 Å². The number of aryl methyl sites for hydroxylation is 2. The zero-order valence-electron chi connectivity index (χ0n) is 16.3. The number of hydrogen-bond donors (Lipinski definition) is 1. The summed E-state index contributed by atoms with van der Waals surface area (Å²) in [5.41, 5.74) is 2.26. The molecule has 1 aromatic heterocycles. The van der Waals surface area contributed by atoms with Gasteiger partial charge in [0.25, 0.3) is 0 Å². The van der Waals surface area contributed by atoms with Crippen LogP contribution < -0.4 is 5.32 Å². The quantitative estimate of drug-likeness (QED) is 0.887. The molecule has 2 aromatic rings. The molecule has 1 aromatic carbocycles. The SMILES string of the molecule is CCc1cccc(NC(=O)N2CC(c3nncn3CC)C3(CCCC3)C2)c1. The second-order valence-electron chi connectivity index (χ2n) is 7.96. The lowest BCUT2D eigenvalue weighted by molar-refractivity contribution is 0.212. The van der Waals surface area contributed by atoms with Gasteiger partial charge in [0.15, 0.2) is 0 Å². The Balaban J connectivity index is 1.55. The molecule has 144 valence electrons. The van der Waals surface area contributed by atoms with E-state index in [0.717, 1.165) is 37.6 Å². The summed E-state index contributed by atoms with van der Waals surface area (Å²) in [6, 6.07) is 8.11. The van der Waals surface area contributed by atoms with Crippen LogP contribution in [0.25, 0.3) is 0 Å². The van der Waals surface area contributed by atoms with Gasteiger partial charge in [-0.1, -0.05) is 31.9 Å². The highest BCUT2D eigenvalue weighted by Gasteiger charge is 2.51. The van der Waals surface area contributed by atoms with Gasteiger partial charge in [0.05, 0.1) is 0 Å². The Morgan fingerprint density at radius 2 is 2.11 bits per heavy atom. The highest BCUT2D eigenvalue weighted by molar-refractivity contribution is 5.89. The number of nitrogens with zero attached hydrogens (tertiary/aromatic N) is 4. The fourth-order valence-corrected chi connectivity index (χ4v) is 4.91. The Labute approximate surface area is 161 Å². The number of aromatic nitrogens is 3. The third-order valence-electron chi connectivity index (χ3n) is 6.42. The number of urea groups is 1. The number of benzene rings is 1. The van der Waals surface area contributed by atoms with Gasteiger partial charge in [0.1, 0.15) is 12.2 Å². The van der Waals surface area contributed by atoms with E-state index in [1.807, 2.05) is 23.4 Å². The summed E-state index contributed by atoms with van der Waals surface area (Å²) >= 11 is 0. The first kappa shape index (κ1) is 18.0. The minimum Gasteiger partial charge on any atom is -0.323 e. The van der Waals surface area contributed by atoms with Gasteiger partial charge in [-0.2, -0.15) is 0 Å². The summed E-state index contributed by atoms with van der Waals surface area (Å²) in [6.45, 7) is 6.64. The van der Waals surface area contributed by atoms with Crippen LogP contribution in [0, 0.1) is 5.41 Å². The lowest BCUT2D eigenvalue weighted by Crippen LogP contribution is -2.34. The van der Waals surface area contributed by atoms with Crippen molar-refractivity contribution in [3.63, 3.8) is 0 Å². The highest BCUT2D eigenvalue weighted by atomic mass is 16.2. The largest absolute Gasteiger partial charge is 0.323 e. The molecule has 1 atom stereocenters. The van der Waals surface area contributed by atoms with Crippen LogP contribution in [0.4, 0.5) is 10.5 Å². The molecule has 27 heavy (non-hydrogen) atoms. The van der Waals surface area contributed by atoms with Crippen LogP contribution in [0.2, 0.25) is 0 Å². The van der Waals surface area contributed by atoms with E-state index in [9.17, 15) is 4.79 Å². The van der Waals surface area contributed by atoms with Gasteiger partial charge >= 0.3 is 6.03 Å². The van der Waals surface area contributed by atoms with Crippen LogP contribution in [0.15, 0.2) is 30.6 Å². The van der Waals surface area contributed by atoms with E-state index in [1.54, 1.807) is 0 Å². The number of hydrogen-bond acceptors (Lipinski definition) is 3. The second-order valence-corrected chi connectivity index (χ2v) is 7.96. The number of likely N-dealkylation sites (tertiary alicyclic amines) is 1. The zero-order chi connectivity index (χ0) is 18.9. The van der Waals surface area contributed by atoms with Gasteiger partial charge in [-0.25, -0.2) is 4.79 Å². The van der Waals surface area contributed by atoms with Crippen molar-refractivity contribution in [1.82, 2.24) is 19.7 Å². The van der Waals surface area contributed by atoms with Gasteiger partial charge in [-0.3, -0.25) is 0 Å². The van der Waals surface area contributed by atoms with Crippen LogP contribution in [-0.2, 0) is 13.0 Å². The normalized spacial score (nSPS) is 21.1. The zero-order valence-corrected chi connectivity index (χ0v) is 16.3. The van der Waals surface area contributed by atoms with Crippen molar-refractivity contribution in [3.8, 4) is 0 Å². The van der Waals surface area contributed by atoms with E-state index in [-0.39, 0.29) is 17.4 Å². The Bertz CT molecular complexity index is 808. The lowest BCUT2D eigenvalue weighted by atomic mass is 9.76. The average Bonchev–Trinajstić information content (AvgIpc) is 3.42. The molecule has 0 bridgehead atoms. The molecule has 6 nitrogen and oxygen atoms in total. The minimum absolute atomic E-state index is 0.000378. The molecule has 2 aliphatic rings. The molecule has 1 aliphatic carbocycles. The van der Waals surface area contributed by atoms with E-state index >= 15 is 0 Å². The first-order valence-corrected chi connectivity index (χ1v) is 10.2. The topological polar surface area (TPSA) is 63.1 Å². The number of nitrogens with one attached hydrogen (secondary N) is 1. The molecule has 1 unspecified atom stereocenters. The molecule has 2 heterocycles.